The molecule has 0 radical (unpaired) electrons. The largest absolute Gasteiger partial charge is 0.381 e. The fourth-order valence-corrected chi connectivity index (χ4v) is 3.89. The van der Waals surface area contributed by atoms with Gasteiger partial charge >= 0.3 is 6.03 Å². The molecule has 3 N–H and O–H groups in total. The van der Waals surface area contributed by atoms with Crippen LogP contribution in [0.15, 0.2) is 54.7 Å². The Kier molecular flexibility index (Phi) is 5.05. The van der Waals surface area contributed by atoms with Crippen LogP contribution in [0.1, 0.15) is 18.4 Å². The zero-order chi connectivity index (χ0) is 18.7. The molecule has 1 saturated heterocycles. The van der Waals surface area contributed by atoms with Gasteiger partial charge in [-0.05, 0) is 54.8 Å². The number of aromatic nitrogens is 1. The predicted molar refractivity (Wildman–Crippen MR) is 109 cm³/mol. The summed E-state index contributed by atoms with van der Waals surface area (Å²) in [6, 6.07) is 15.5. The van der Waals surface area contributed by atoms with Gasteiger partial charge in [0.1, 0.15) is 0 Å². The first-order valence-corrected chi connectivity index (χ1v) is 9.48. The molecule has 0 bridgehead atoms. The molecule has 1 fully saturated rings. The van der Waals surface area contributed by atoms with Crippen molar-refractivity contribution in [2.45, 2.75) is 18.3 Å². The number of ether oxygens (including phenoxy) is 1. The van der Waals surface area contributed by atoms with E-state index >= 15 is 0 Å². The van der Waals surface area contributed by atoms with Crippen LogP contribution in [0.5, 0.6) is 0 Å². The quantitative estimate of drug-likeness (QED) is 0.611. The molecule has 140 valence electrons. The second kappa shape index (κ2) is 7.62. The van der Waals surface area contributed by atoms with Crippen molar-refractivity contribution in [1.82, 2.24) is 10.3 Å². The number of benzene rings is 2. The van der Waals surface area contributed by atoms with Crippen LogP contribution in [0.3, 0.4) is 0 Å². The number of aromatic amines is 1. The van der Waals surface area contributed by atoms with E-state index in [0.29, 0.717) is 24.8 Å². The number of carbonyl (C=O) groups excluding carboxylic acids is 1. The monoisotopic (exact) mass is 383 g/mol. The Balaban J connectivity index is 1.46. The molecule has 1 aliphatic heterocycles. The highest BCUT2D eigenvalue weighted by atomic mass is 35.5. The lowest BCUT2D eigenvalue weighted by atomic mass is 9.74. The van der Waals surface area contributed by atoms with Crippen molar-refractivity contribution in [3.63, 3.8) is 0 Å². The van der Waals surface area contributed by atoms with Crippen LogP contribution in [-0.4, -0.2) is 30.8 Å². The first-order valence-electron chi connectivity index (χ1n) is 9.10. The fourth-order valence-electron chi connectivity index (χ4n) is 3.70. The van der Waals surface area contributed by atoms with Crippen LogP contribution in [0.25, 0.3) is 10.9 Å². The smallest absolute Gasteiger partial charge is 0.319 e. The highest BCUT2D eigenvalue weighted by Gasteiger charge is 2.35. The second-order valence-corrected chi connectivity index (χ2v) is 7.43. The van der Waals surface area contributed by atoms with Crippen LogP contribution in [0.2, 0.25) is 5.02 Å². The molecular formula is C21H22ClN3O2. The highest BCUT2D eigenvalue weighted by Crippen LogP contribution is 2.35. The molecule has 1 aromatic heterocycles. The van der Waals surface area contributed by atoms with E-state index in [2.05, 4.69) is 21.7 Å². The van der Waals surface area contributed by atoms with Gasteiger partial charge in [-0.1, -0.05) is 23.7 Å². The van der Waals surface area contributed by atoms with Crippen molar-refractivity contribution in [1.29, 1.82) is 0 Å². The number of halogens is 1. The lowest BCUT2D eigenvalue weighted by molar-refractivity contribution is 0.0508. The van der Waals surface area contributed by atoms with Gasteiger partial charge in [-0.15, -0.1) is 0 Å². The minimum absolute atomic E-state index is 0.162. The van der Waals surface area contributed by atoms with E-state index in [4.69, 9.17) is 16.3 Å². The van der Waals surface area contributed by atoms with Crippen molar-refractivity contribution >= 4 is 34.2 Å². The number of fused-ring (bicyclic) bond motifs is 1. The number of anilines is 1. The minimum Gasteiger partial charge on any atom is -0.381 e. The third-order valence-corrected chi connectivity index (χ3v) is 5.52. The molecular weight excluding hydrogens is 362 g/mol. The van der Waals surface area contributed by atoms with E-state index in [1.54, 1.807) is 0 Å². The van der Waals surface area contributed by atoms with Crippen molar-refractivity contribution in [3.8, 4) is 0 Å². The summed E-state index contributed by atoms with van der Waals surface area (Å²) >= 11 is 6.20. The Bertz CT molecular complexity index is 947. The Hall–Kier alpha value is -2.50. The minimum atomic E-state index is -0.210. The van der Waals surface area contributed by atoms with Crippen molar-refractivity contribution < 1.29 is 9.53 Å². The molecule has 0 aliphatic carbocycles. The number of amides is 2. The Morgan fingerprint density at radius 2 is 2.00 bits per heavy atom. The third-order valence-electron chi connectivity index (χ3n) is 5.29. The molecule has 5 nitrogen and oxygen atoms in total. The fraction of sp³-hybridized carbons (Fsp3) is 0.286. The number of urea groups is 1. The maximum atomic E-state index is 12.5. The summed E-state index contributed by atoms with van der Waals surface area (Å²) in [4.78, 5) is 15.6. The van der Waals surface area contributed by atoms with Crippen LogP contribution in [0.4, 0.5) is 10.5 Å². The second-order valence-electron chi connectivity index (χ2n) is 6.99. The van der Waals surface area contributed by atoms with Gasteiger partial charge in [0.25, 0.3) is 0 Å². The van der Waals surface area contributed by atoms with E-state index in [9.17, 15) is 4.79 Å². The Morgan fingerprint density at radius 1 is 1.15 bits per heavy atom. The molecule has 0 unspecified atom stereocenters. The summed E-state index contributed by atoms with van der Waals surface area (Å²) < 4.78 is 5.55. The Morgan fingerprint density at radius 3 is 2.81 bits per heavy atom. The van der Waals surface area contributed by atoms with Gasteiger partial charge < -0.3 is 20.4 Å². The van der Waals surface area contributed by atoms with Gasteiger partial charge in [-0.25, -0.2) is 4.79 Å². The number of carbonyl (C=O) groups is 1. The topological polar surface area (TPSA) is 66.2 Å². The SMILES string of the molecule is O=C(NCC1(c2cccc(Cl)c2)CCOCC1)Nc1ccc2[nH]ccc2c1. The van der Waals surface area contributed by atoms with Crippen LogP contribution in [-0.2, 0) is 10.2 Å². The molecule has 0 spiro atoms. The zero-order valence-electron chi connectivity index (χ0n) is 14.9. The van der Waals surface area contributed by atoms with Gasteiger partial charge in [0.15, 0.2) is 0 Å². The maximum absolute atomic E-state index is 12.5. The van der Waals surface area contributed by atoms with Crippen molar-refractivity contribution in [3.05, 3.63) is 65.3 Å². The number of rotatable bonds is 4. The summed E-state index contributed by atoms with van der Waals surface area (Å²) in [6.45, 7) is 1.90. The molecule has 0 atom stereocenters. The predicted octanol–water partition coefficient (Wildman–Crippen LogP) is 4.69. The lowest BCUT2D eigenvalue weighted by Crippen LogP contribution is -2.45. The molecule has 1 aliphatic rings. The van der Waals surface area contributed by atoms with Crippen molar-refractivity contribution in [2.75, 3.05) is 25.1 Å². The summed E-state index contributed by atoms with van der Waals surface area (Å²) in [5.41, 5.74) is 2.80. The number of hydrogen-bond donors (Lipinski definition) is 3. The summed E-state index contributed by atoms with van der Waals surface area (Å²) in [7, 11) is 0. The zero-order valence-corrected chi connectivity index (χ0v) is 15.7. The van der Waals surface area contributed by atoms with Gasteiger partial charge in [-0.2, -0.15) is 0 Å². The normalized spacial score (nSPS) is 16.2. The number of nitrogens with one attached hydrogen (secondary N) is 3. The first kappa shape index (κ1) is 17.9. The average molecular weight is 384 g/mol. The molecule has 2 aromatic carbocycles. The van der Waals surface area contributed by atoms with E-state index in [1.807, 2.05) is 48.7 Å². The van der Waals surface area contributed by atoms with E-state index in [0.717, 1.165) is 35.0 Å². The van der Waals surface area contributed by atoms with Crippen molar-refractivity contribution in [2.24, 2.45) is 0 Å². The van der Waals surface area contributed by atoms with Gasteiger partial charge in [0, 0.05) is 53.0 Å². The molecule has 2 amide bonds. The number of hydrogen-bond acceptors (Lipinski definition) is 2. The summed E-state index contributed by atoms with van der Waals surface area (Å²) in [5, 5.41) is 7.74. The molecule has 6 heteroatoms. The highest BCUT2D eigenvalue weighted by molar-refractivity contribution is 6.30. The summed E-state index contributed by atoms with van der Waals surface area (Å²) in [6.07, 6.45) is 3.58. The third kappa shape index (κ3) is 3.94. The standard InChI is InChI=1S/C21H22ClN3O2/c22-17-3-1-2-16(13-17)21(7-10-27-11-8-21)14-24-20(26)25-18-4-5-19-15(12-18)6-9-23-19/h1-6,9,12-13,23H,7-8,10-11,14H2,(H2,24,25,26). The molecule has 2 heterocycles. The summed E-state index contributed by atoms with van der Waals surface area (Å²) in [5.74, 6) is 0. The van der Waals surface area contributed by atoms with Crippen LogP contribution in [0, 0.1) is 0 Å². The van der Waals surface area contributed by atoms with Crippen LogP contribution < -0.4 is 10.6 Å². The average Bonchev–Trinajstić information content (AvgIpc) is 3.15. The molecule has 4 rings (SSSR count). The van der Waals surface area contributed by atoms with Crippen LogP contribution >= 0.6 is 11.6 Å². The van der Waals surface area contributed by atoms with Gasteiger partial charge in [-0.3, -0.25) is 0 Å². The number of H-pyrrole nitrogens is 1. The molecule has 0 saturated carbocycles. The maximum Gasteiger partial charge on any atom is 0.319 e. The van der Waals surface area contributed by atoms with E-state index < -0.39 is 0 Å². The van der Waals surface area contributed by atoms with E-state index in [1.165, 1.54) is 0 Å². The Labute approximate surface area is 163 Å². The first-order chi connectivity index (χ1) is 13.1. The van der Waals surface area contributed by atoms with E-state index in [-0.39, 0.29) is 11.4 Å². The van der Waals surface area contributed by atoms with Gasteiger partial charge in [0.2, 0.25) is 0 Å². The van der Waals surface area contributed by atoms with Gasteiger partial charge in [0.05, 0.1) is 0 Å². The molecule has 27 heavy (non-hydrogen) atoms. The lowest BCUT2D eigenvalue weighted by Gasteiger charge is -2.38. The molecule has 3 aromatic rings.